The maximum atomic E-state index is 12.6. The van der Waals surface area contributed by atoms with Crippen molar-refractivity contribution in [2.24, 2.45) is 17.3 Å². The van der Waals surface area contributed by atoms with E-state index in [1.54, 1.807) is 0 Å². The molecule has 84 valence electrons. The smallest absolute Gasteiger partial charge is 0.171 e. The molecule has 0 N–H and O–H groups in total. The number of hydrogen-bond acceptors (Lipinski definition) is 0. The molecule has 5 heteroatoms. The van der Waals surface area contributed by atoms with Crippen molar-refractivity contribution in [1.29, 1.82) is 0 Å². The van der Waals surface area contributed by atoms with Crippen molar-refractivity contribution in [1.82, 2.24) is 0 Å². The highest BCUT2D eigenvalue weighted by Crippen LogP contribution is 2.77. The van der Waals surface area contributed by atoms with Gasteiger partial charge in [0.1, 0.15) is 0 Å². The van der Waals surface area contributed by atoms with Crippen molar-refractivity contribution in [2.45, 2.75) is 36.6 Å². The van der Waals surface area contributed by atoms with Crippen LogP contribution in [0.3, 0.4) is 0 Å². The normalized spacial score (nSPS) is 38.1. The molecule has 1 fully saturated rings. The first-order valence-corrected chi connectivity index (χ1v) is 6.15. The summed E-state index contributed by atoms with van der Waals surface area (Å²) in [5.41, 5.74) is -0.703. The van der Waals surface area contributed by atoms with Gasteiger partial charge in [0.05, 0.1) is 9.15 Å². The molecule has 1 aliphatic carbocycles. The average Bonchev–Trinajstić information content (AvgIpc) is 2.45. The molecule has 0 nitrogen and oxygen atoms in total. The van der Waals surface area contributed by atoms with E-state index < -0.39 is 20.7 Å². The Labute approximate surface area is 98.9 Å². The van der Waals surface area contributed by atoms with Crippen LogP contribution in [0.25, 0.3) is 0 Å². The van der Waals surface area contributed by atoms with Gasteiger partial charge in [0.15, 0.2) is 0 Å². The lowest BCUT2D eigenvalue weighted by Gasteiger charge is -2.27. The first kappa shape index (κ1) is 12.8. The molecule has 0 aromatic carbocycles. The molecule has 0 aromatic heterocycles. The summed E-state index contributed by atoms with van der Waals surface area (Å²) in [6, 6.07) is 0. The highest BCUT2D eigenvalue weighted by atomic mass is 79.9. The van der Waals surface area contributed by atoms with Crippen molar-refractivity contribution in [3.63, 3.8) is 0 Å². The van der Waals surface area contributed by atoms with Crippen LogP contribution >= 0.6 is 31.9 Å². The Morgan fingerprint density at radius 2 is 1.71 bits per heavy atom. The van der Waals surface area contributed by atoms with Gasteiger partial charge in [-0.05, 0) is 12.3 Å². The van der Waals surface area contributed by atoms with Gasteiger partial charge in [-0.3, -0.25) is 0 Å². The van der Waals surface area contributed by atoms with Crippen LogP contribution in [0.5, 0.6) is 0 Å². The van der Waals surface area contributed by atoms with Gasteiger partial charge in [0.2, 0.25) is 0 Å². The second-order valence-electron chi connectivity index (χ2n) is 4.00. The zero-order chi connectivity index (χ0) is 11.4. The Morgan fingerprint density at radius 1 is 1.36 bits per heavy atom. The van der Waals surface area contributed by atoms with Gasteiger partial charge in [-0.1, -0.05) is 52.6 Å². The van der Waals surface area contributed by atoms with E-state index in [0.29, 0.717) is 6.42 Å². The highest BCUT2D eigenvalue weighted by molar-refractivity contribution is 9.25. The van der Waals surface area contributed by atoms with Crippen molar-refractivity contribution in [3.05, 3.63) is 0 Å². The fraction of sp³-hybridized carbons (Fsp3) is 1.00. The van der Waals surface area contributed by atoms with E-state index in [1.807, 2.05) is 13.8 Å². The monoisotopic (exact) mass is 336 g/mol. The van der Waals surface area contributed by atoms with E-state index in [4.69, 9.17) is 0 Å². The molecule has 0 saturated heterocycles. The predicted octanol–water partition coefficient (Wildman–Crippen LogP) is 4.72. The molecule has 0 aromatic rings. The highest BCUT2D eigenvalue weighted by Gasteiger charge is 2.76. The van der Waals surface area contributed by atoms with Crippen LogP contribution < -0.4 is 0 Å². The maximum Gasteiger partial charge on any atom is 0.392 e. The topological polar surface area (TPSA) is 0 Å². The summed E-state index contributed by atoms with van der Waals surface area (Å²) >= 11 is 6.69. The van der Waals surface area contributed by atoms with E-state index >= 15 is 0 Å². The van der Waals surface area contributed by atoms with Crippen molar-refractivity contribution in [3.8, 4) is 0 Å². The van der Waals surface area contributed by atoms with Gasteiger partial charge in [-0.2, -0.15) is 13.2 Å². The number of halogens is 5. The Morgan fingerprint density at radius 3 is 1.79 bits per heavy atom. The fourth-order valence-electron chi connectivity index (χ4n) is 2.47. The van der Waals surface area contributed by atoms with E-state index in [-0.39, 0.29) is 5.92 Å². The molecule has 14 heavy (non-hydrogen) atoms. The molecule has 3 unspecified atom stereocenters. The Hall–Kier alpha value is 0.750. The molecule has 0 radical (unpaired) electrons. The number of rotatable bonds is 2. The first-order valence-electron chi connectivity index (χ1n) is 4.56. The molecular weight excluding hydrogens is 325 g/mol. The summed E-state index contributed by atoms with van der Waals surface area (Å²) in [6.07, 6.45) is -3.60. The summed E-state index contributed by atoms with van der Waals surface area (Å²) in [5.74, 6) is -1.29. The number of alkyl halides is 5. The Kier molecular flexibility index (Phi) is 3.09. The zero-order valence-electron chi connectivity index (χ0n) is 8.25. The lowest BCUT2D eigenvalue weighted by Crippen LogP contribution is -2.32. The third kappa shape index (κ3) is 1.46. The molecular formula is C9H13Br2F3. The zero-order valence-corrected chi connectivity index (χ0v) is 11.4. The third-order valence-electron chi connectivity index (χ3n) is 3.70. The third-order valence-corrected chi connectivity index (χ3v) is 6.55. The minimum atomic E-state index is -4.12. The van der Waals surface area contributed by atoms with E-state index in [0.717, 1.165) is 0 Å². The van der Waals surface area contributed by atoms with Crippen LogP contribution in [0, 0.1) is 17.3 Å². The molecule has 3 atom stereocenters. The second-order valence-corrected chi connectivity index (χ2v) is 7.57. The van der Waals surface area contributed by atoms with Crippen LogP contribution in [0.4, 0.5) is 13.2 Å². The van der Waals surface area contributed by atoms with Gasteiger partial charge >= 0.3 is 6.18 Å². The average molecular weight is 338 g/mol. The quantitative estimate of drug-likeness (QED) is 0.640. The predicted molar refractivity (Wildman–Crippen MR) is 57.7 cm³/mol. The molecule has 1 rings (SSSR count). The van der Waals surface area contributed by atoms with Crippen LogP contribution in [-0.2, 0) is 0 Å². The van der Waals surface area contributed by atoms with Crippen LogP contribution in [0.1, 0.15) is 27.2 Å². The lowest BCUT2D eigenvalue weighted by molar-refractivity contribution is -0.189. The van der Waals surface area contributed by atoms with Crippen LogP contribution in [-0.4, -0.2) is 9.41 Å². The molecule has 0 spiro atoms. The van der Waals surface area contributed by atoms with Crippen LogP contribution in [0.15, 0.2) is 0 Å². The van der Waals surface area contributed by atoms with E-state index in [1.165, 1.54) is 6.92 Å². The van der Waals surface area contributed by atoms with Crippen molar-refractivity contribution >= 4 is 31.9 Å². The second kappa shape index (κ2) is 3.37. The van der Waals surface area contributed by atoms with Gasteiger partial charge in [0, 0.05) is 5.41 Å². The molecule has 1 saturated carbocycles. The Bertz CT molecular complexity index is 237. The minimum absolute atomic E-state index is 0.00313. The lowest BCUT2D eigenvalue weighted by atomic mass is 9.85. The van der Waals surface area contributed by atoms with Crippen molar-refractivity contribution in [2.75, 3.05) is 0 Å². The van der Waals surface area contributed by atoms with E-state index in [9.17, 15) is 13.2 Å². The molecule has 0 bridgehead atoms. The summed E-state index contributed by atoms with van der Waals surface area (Å²) in [6.45, 7) is 4.92. The van der Waals surface area contributed by atoms with Crippen molar-refractivity contribution < 1.29 is 13.2 Å². The molecule has 1 aliphatic rings. The standard InChI is InChI=1S/C9H13Br2F3/c1-4-7(5(2)8(7,10)11)6(3)9(12,13)14/h5-6H,4H2,1-3H3. The van der Waals surface area contributed by atoms with Gasteiger partial charge < -0.3 is 0 Å². The van der Waals surface area contributed by atoms with Crippen LogP contribution in [0.2, 0.25) is 0 Å². The molecule has 0 aliphatic heterocycles. The van der Waals surface area contributed by atoms with E-state index in [2.05, 4.69) is 31.9 Å². The van der Waals surface area contributed by atoms with Gasteiger partial charge in [-0.15, -0.1) is 0 Å². The minimum Gasteiger partial charge on any atom is -0.171 e. The van der Waals surface area contributed by atoms with Gasteiger partial charge in [0.25, 0.3) is 0 Å². The Balaban J connectivity index is 2.97. The summed E-state index contributed by atoms with van der Waals surface area (Å²) in [4.78, 5) is 0. The largest absolute Gasteiger partial charge is 0.392 e. The summed E-state index contributed by atoms with van der Waals surface area (Å²) in [5, 5.41) is 0. The number of hydrogen-bond donors (Lipinski definition) is 0. The fourth-order valence-corrected chi connectivity index (χ4v) is 4.99. The SMILES string of the molecule is CCC1(C(C)C(F)(F)F)C(C)C1(Br)Br. The van der Waals surface area contributed by atoms with Gasteiger partial charge in [-0.25, -0.2) is 0 Å². The molecule has 0 amide bonds. The molecule has 0 heterocycles. The first-order chi connectivity index (χ1) is 6.12. The maximum absolute atomic E-state index is 12.6. The summed E-state index contributed by atoms with van der Waals surface area (Å²) < 4.78 is 37.4. The summed E-state index contributed by atoms with van der Waals surface area (Å²) in [7, 11) is 0.